The molecule has 2 aromatic rings. The third-order valence-corrected chi connectivity index (χ3v) is 4.63. The molecule has 0 spiro atoms. The number of halogens is 1. The number of anilines is 1. The standard InChI is InChI=1S/C14H15ClN2O2S/c1-10-5-7-11(8-6-10)20(18,19)17-14-4-2-3-13(15)12(14)9-16/h2-8,17H,9,16H2,1H3. The molecule has 0 heterocycles. The Kier molecular flexibility index (Phi) is 4.32. The Hall–Kier alpha value is -1.56. The first-order chi connectivity index (χ1) is 9.44. The van der Waals surface area contributed by atoms with E-state index in [0.29, 0.717) is 16.3 Å². The third kappa shape index (κ3) is 3.12. The Morgan fingerprint density at radius 2 is 1.80 bits per heavy atom. The maximum atomic E-state index is 12.3. The van der Waals surface area contributed by atoms with E-state index in [-0.39, 0.29) is 11.4 Å². The van der Waals surface area contributed by atoms with Crippen LogP contribution in [0.1, 0.15) is 11.1 Å². The van der Waals surface area contributed by atoms with Gasteiger partial charge >= 0.3 is 0 Å². The molecule has 0 saturated heterocycles. The maximum absolute atomic E-state index is 12.3. The van der Waals surface area contributed by atoms with Crippen LogP contribution < -0.4 is 10.5 Å². The van der Waals surface area contributed by atoms with Crippen molar-refractivity contribution in [1.82, 2.24) is 0 Å². The summed E-state index contributed by atoms with van der Waals surface area (Å²) < 4.78 is 27.1. The SMILES string of the molecule is Cc1ccc(S(=O)(=O)Nc2cccc(Cl)c2CN)cc1. The van der Waals surface area contributed by atoms with Crippen LogP contribution in [-0.2, 0) is 16.6 Å². The van der Waals surface area contributed by atoms with E-state index in [1.165, 1.54) is 0 Å². The van der Waals surface area contributed by atoms with Gasteiger partial charge in [-0.3, -0.25) is 4.72 Å². The van der Waals surface area contributed by atoms with E-state index in [9.17, 15) is 8.42 Å². The van der Waals surface area contributed by atoms with Crippen LogP contribution in [-0.4, -0.2) is 8.42 Å². The molecule has 0 fully saturated rings. The van der Waals surface area contributed by atoms with Crippen molar-refractivity contribution in [3.05, 3.63) is 58.6 Å². The van der Waals surface area contributed by atoms with Gasteiger partial charge in [-0.15, -0.1) is 0 Å². The molecular weight excluding hydrogens is 296 g/mol. The summed E-state index contributed by atoms with van der Waals surface area (Å²) in [4.78, 5) is 0.200. The van der Waals surface area contributed by atoms with Gasteiger partial charge in [0.1, 0.15) is 0 Å². The van der Waals surface area contributed by atoms with Crippen LogP contribution in [0.4, 0.5) is 5.69 Å². The zero-order valence-corrected chi connectivity index (χ0v) is 12.5. The topological polar surface area (TPSA) is 72.2 Å². The summed E-state index contributed by atoms with van der Waals surface area (Å²) in [5.41, 5.74) is 7.58. The number of nitrogens with two attached hydrogens (primary N) is 1. The van der Waals surface area contributed by atoms with Gasteiger partial charge in [0.05, 0.1) is 10.6 Å². The molecule has 3 N–H and O–H groups in total. The lowest BCUT2D eigenvalue weighted by Crippen LogP contribution is -2.15. The molecule has 0 aliphatic rings. The van der Waals surface area contributed by atoms with E-state index in [2.05, 4.69) is 4.72 Å². The van der Waals surface area contributed by atoms with Gasteiger partial charge in [-0.2, -0.15) is 0 Å². The summed E-state index contributed by atoms with van der Waals surface area (Å²) >= 11 is 6.01. The van der Waals surface area contributed by atoms with Gasteiger partial charge in [0, 0.05) is 17.1 Å². The molecule has 0 unspecified atom stereocenters. The Bertz CT molecular complexity index is 712. The predicted molar refractivity (Wildman–Crippen MR) is 81.3 cm³/mol. The number of sulfonamides is 1. The van der Waals surface area contributed by atoms with Crippen LogP contribution in [0.2, 0.25) is 5.02 Å². The molecule has 2 rings (SSSR count). The van der Waals surface area contributed by atoms with Gasteiger partial charge in [-0.1, -0.05) is 35.4 Å². The van der Waals surface area contributed by atoms with Gasteiger partial charge in [0.15, 0.2) is 0 Å². The molecule has 0 radical (unpaired) electrons. The fourth-order valence-corrected chi connectivity index (χ4v) is 3.13. The Labute approximate surface area is 123 Å². The largest absolute Gasteiger partial charge is 0.326 e. The van der Waals surface area contributed by atoms with Crippen LogP contribution in [0, 0.1) is 6.92 Å². The highest BCUT2D eigenvalue weighted by atomic mass is 35.5. The third-order valence-electron chi connectivity index (χ3n) is 2.90. The summed E-state index contributed by atoms with van der Waals surface area (Å²) in [5, 5.41) is 0.441. The first kappa shape index (κ1) is 14.8. The number of aryl methyl sites for hydroxylation is 1. The summed E-state index contributed by atoms with van der Waals surface area (Å²) in [7, 11) is -3.64. The Morgan fingerprint density at radius 1 is 1.15 bits per heavy atom. The molecule has 106 valence electrons. The molecule has 2 aromatic carbocycles. The number of nitrogens with one attached hydrogen (secondary N) is 1. The molecule has 0 atom stereocenters. The van der Waals surface area contributed by atoms with Crippen molar-refractivity contribution in [3.63, 3.8) is 0 Å². The van der Waals surface area contributed by atoms with E-state index in [1.54, 1.807) is 42.5 Å². The number of rotatable bonds is 4. The molecule has 0 amide bonds. The average Bonchev–Trinajstić information content (AvgIpc) is 2.39. The van der Waals surface area contributed by atoms with Gasteiger partial charge < -0.3 is 5.73 Å². The van der Waals surface area contributed by atoms with Gasteiger partial charge in [-0.25, -0.2) is 8.42 Å². The van der Waals surface area contributed by atoms with Crippen LogP contribution in [0.15, 0.2) is 47.4 Å². The highest BCUT2D eigenvalue weighted by molar-refractivity contribution is 7.92. The molecule has 0 bridgehead atoms. The summed E-state index contributed by atoms with van der Waals surface area (Å²) in [5.74, 6) is 0. The fraction of sp³-hybridized carbons (Fsp3) is 0.143. The molecule has 0 aromatic heterocycles. The summed E-state index contributed by atoms with van der Waals surface area (Å²) in [6.45, 7) is 2.05. The zero-order chi connectivity index (χ0) is 14.8. The van der Waals surface area contributed by atoms with E-state index in [1.807, 2.05) is 6.92 Å². The Balaban J connectivity index is 2.38. The molecule has 0 aliphatic carbocycles. The smallest absolute Gasteiger partial charge is 0.261 e. The minimum Gasteiger partial charge on any atom is -0.326 e. The maximum Gasteiger partial charge on any atom is 0.261 e. The molecular formula is C14H15ClN2O2S. The first-order valence-electron chi connectivity index (χ1n) is 6.01. The zero-order valence-electron chi connectivity index (χ0n) is 10.9. The van der Waals surface area contributed by atoms with Gasteiger partial charge in [-0.05, 0) is 31.2 Å². The highest BCUT2D eigenvalue weighted by Gasteiger charge is 2.16. The van der Waals surface area contributed by atoms with Crippen LogP contribution in [0.5, 0.6) is 0 Å². The number of hydrogen-bond donors (Lipinski definition) is 2. The van der Waals surface area contributed by atoms with Crippen molar-refractivity contribution < 1.29 is 8.42 Å². The second-order valence-corrected chi connectivity index (χ2v) is 6.48. The second kappa shape index (κ2) is 5.83. The second-order valence-electron chi connectivity index (χ2n) is 4.39. The molecule has 0 aliphatic heterocycles. The van der Waals surface area contributed by atoms with Crippen LogP contribution in [0.25, 0.3) is 0 Å². The average molecular weight is 311 g/mol. The van der Waals surface area contributed by atoms with Crippen molar-refractivity contribution in [2.75, 3.05) is 4.72 Å². The summed E-state index contributed by atoms with van der Waals surface area (Å²) in [6, 6.07) is 11.6. The van der Waals surface area contributed by atoms with Crippen molar-refractivity contribution in [2.45, 2.75) is 18.4 Å². The summed E-state index contributed by atoms with van der Waals surface area (Å²) in [6.07, 6.45) is 0. The lowest BCUT2D eigenvalue weighted by atomic mass is 10.2. The first-order valence-corrected chi connectivity index (χ1v) is 7.87. The monoisotopic (exact) mass is 310 g/mol. The van der Waals surface area contributed by atoms with E-state index < -0.39 is 10.0 Å². The minimum absolute atomic E-state index is 0.158. The molecule has 0 saturated carbocycles. The quantitative estimate of drug-likeness (QED) is 0.912. The van der Waals surface area contributed by atoms with Gasteiger partial charge in [0.2, 0.25) is 0 Å². The minimum atomic E-state index is -3.64. The van der Waals surface area contributed by atoms with E-state index in [0.717, 1.165) is 5.56 Å². The predicted octanol–water partition coefficient (Wildman–Crippen LogP) is 2.91. The van der Waals surface area contributed by atoms with Crippen molar-refractivity contribution in [1.29, 1.82) is 0 Å². The fourth-order valence-electron chi connectivity index (χ4n) is 1.78. The number of benzene rings is 2. The van der Waals surface area contributed by atoms with Crippen LogP contribution >= 0.6 is 11.6 Å². The molecule has 20 heavy (non-hydrogen) atoms. The highest BCUT2D eigenvalue weighted by Crippen LogP contribution is 2.26. The van der Waals surface area contributed by atoms with Crippen LogP contribution in [0.3, 0.4) is 0 Å². The normalized spacial score (nSPS) is 11.3. The van der Waals surface area contributed by atoms with E-state index in [4.69, 9.17) is 17.3 Å². The molecule has 6 heteroatoms. The van der Waals surface area contributed by atoms with Gasteiger partial charge in [0.25, 0.3) is 10.0 Å². The van der Waals surface area contributed by atoms with Crippen molar-refractivity contribution >= 4 is 27.3 Å². The molecule has 4 nitrogen and oxygen atoms in total. The Morgan fingerprint density at radius 3 is 2.40 bits per heavy atom. The van der Waals surface area contributed by atoms with Crippen molar-refractivity contribution in [3.8, 4) is 0 Å². The van der Waals surface area contributed by atoms with Crippen molar-refractivity contribution in [2.24, 2.45) is 5.73 Å². The lowest BCUT2D eigenvalue weighted by Gasteiger charge is -2.13. The lowest BCUT2D eigenvalue weighted by molar-refractivity contribution is 0.601. The van der Waals surface area contributed by atoms with E-state index >= 15 is 0 Å². The number of hydrogen-bond acceptors (Lipinski definition) is 3.